The number of hydrogen-bond donors (Lipinski definition) is 1. The number of amidine groups is 1. The SMILES string of the molecule is CC[C@H](C)c1ccc(N=C(N)SCc2cccc(OC)c2)cc1. The Morgan fingerprint density at radius 3 is 2.61 bits per heavy atom. The summed E-state index contributed by atoms with van der Waals surface area (Å²) < 4.78 is 5.23. The molecule has 2 aromatic carbocycles. The molecule has 0 aliphatic rings. The van der Waals surface area contributed by atoms with Crippen LogP contribution in [-0.4, -0.2) is 12.3 Å². The number of methoxy groups -OCH3 is 1. The highest BCUT2D eigenvalue weighted by Gasteiger charge is 2.03. The Bertz CT molecular complexity index is 653. The summed E-state index contributed by atoms with van der Waals surface area (Å²) in [5, 5.41) is 0.573. The van der Waals surface area contributed by atoms with Gasteiger partial charge in [0, 0.05) is 5.75 Å². The molecule has 0 radical (unpaired) electrons. The number of nitrogens with zero attached hydrogens (tertiary/aromatic N) is 1. The minimum Gasteiger partial charge on any atom is -0.497 e. The smallest absolute Gasteiger partial charge is 0.159 e. The predicted molar refractivity (Wildman–Crippen MR) is 101 cm³/mol. The van der Waals surface area contributed by atoms with Crippen LogP contribution in [0.2, 0.25) is 0 Å². The van der Waals surface area contributed by atoms with Gasteiger partial charge >= 0.3 is 0 Å². The maximum absolute atomic E-state index is 6.03. The van der Waals surface area contributed by atoms with E-state index in [1.165, 1.54) is 22.9 Å². The van der Waals surface area contributed by atoms with Gasteiger partial charge in [0.25, 0.3) is 0 Å². The Labute approximate surface area is 143 Å². The van der Waals surface area contributed by atoms with Crippen LogP contribution in [0.25, 0.3) is 0 Å². The summed E-state index contributed by atoms with van der Waals surface area (Å²) in [4.78, 5) is 4.47. The zero-order valence-electron chi connectivity index (χ0n) is 14.0. The van der Waals surface area contributed by atoms with E-state index in [0.29, 0.717) is 11.1 Å². The molecule has 0 aliphatic carbocycles. The summed E-state index contributed by atoms with van der Waals surface area (Å²) >= 11 is 1.53. The van der Waals surface area contributed by atoms with Crippen LogP contribution in [0.3, 0.4) is 0 Å². The van der Waals surface area contributed by atoms with Gasteiger partial charge in [0.05, 0.1) is 12.8 Å². The van der Waals surface area contributed by atoms with E-state index in [2.05, 4.69) is 37.0 Å². The van der Waals surface area contributed by atoms with Crippen molar-refractivity contribution in [2.75, 3.05) is 7.11 Å². The molecule has 23 heavy (non-hydrogen) atoms. The highest BCUT2D eigenvalue weighted by molar-refractivity contribution is 8.13. The molecular weight excluding hydrogens is 304 g/mol. The van der Waals surface area contributed by atoms with Crippen LogP contribution in [-0.2, 0) is 5.75 Å². The number of ether oxygens (including phenoxy) is 1. The van der Waals surface area contributed by atoms with Crippen LogP contribution in [0, 0.1) is 0 Å². The molecule has 0 spiro atoms. The van der Waals surface area contributed by atoms with Gasteiger partial charge in [-0.05, 0) is 47.7 Å². The third kappa shape index (κ3) is 5.32. The molecule has 2 rings (SSSR count). The van der Waals surface area contributed by atoms with Gasteiger partial charge in [-0.3, -0.25) is 0 Å². The molecule has 0 heterocycles. The minimum atomic E-state index is 0.573. The van der Waals surface area contributed by atoms with Gasteiger partial charge in [0.2, 0.25) is 0 Å². The zero-order valence-corrected chi connectivity index (χ0v) is 14.8. The predicted octanol–water partition coefficient (Wildman–Crippen LogP) is 5.09. The normalized spacial score (nSPS) is 12.9. The standard InChI is InChI=1S/C19H24N2OS/c1-4-14(2)16-8-10-17(11-9-16)21-19(20)23-13-15-6-5-7-18(12-15)22-3/h5-12,14H,4,13H2,1-3H3,(H2,20,21)/t14-/m0/s1. The Kier molecular flexibility index (Phi) is 6.53. The number of nitrogens with two attached hydrogens (primary N) is 1. The highest BCUT2D eigenvalue weighted by atomic mass is 32.2. The fourth-order valence-corrected chi connectivity index (χ4v) is 2.86. The van der Waals surface area contributed by atoms with Crippen molar-refractivity contribution < 1.29 is 4.74 Å². The summed E-state index contributed by atoms with van der Waals surface area (Å²) in [5.74, 6) is 2.21. The van der Waals surface area contributed by atoms with Crippen LogP contribution < -0.4 is 10.5 Å². The van der Waals surface area contributed by atoms with Crippen molar-refractivity contribution in [1.82, 2.24) is 0 Å². The van der Waals surface area contributed by atoms with Crippen LogP contribution in [0.1, 0.15) is 37.3 Å². The Morgan fingerprint density at radius 1 is 1.22 bits per heavy atom. The number of rotatable bonds is 6. The summed E-state index contributed by atoms with van der Waals surface area (Å²) in [6.07, 6.45) is 1.14. The van der Waals surface area contributed by atoms with Crippen LogP contribution in [0.4, 0.5) is 5.69 Å². The molecule has 0 bridgehead atoms. The monoisotopic (exact) mass is 328 g/mol. The first-order valence-electron chi connectivity index (χ1n) is 7.82. The Hall–Kier alpha value is -1.94. The molecule has 0 saturated carbocycles. The third-order valence-corrected chi connectivity index (χ3v) is 4.70. The van der Waals surface area contributed by atoms with E-state index in [0.717, 1.165) is 23.6 Å². The third-order valence-electron chi connectivity index (χ3n) is 3.83. The van der Waals surface area contributed by atoms with Crippen molar-refractivity contribution in [3.05, 3.63) is 59.7 Å². The van der Waals surface area contributed by atoms with Crippen molar-refractivity contribution >= 4 is 22.6 Å². The van der Waals surface area contributed by atoms with Gasteiger partial charge in [-0.25, -0.2) is 4.99 Å². The van der Waals surface area contributed by atoms with Crippen molar-refractivity contribution in [2.24, 2.45) is 10.7 Å². The van der Waals surface area contributed by atoms with E-state index >= 15 is 0 Å². The van der Waals surface area contributed by atoms with Gasteiger partial charge in [0.1, 0.15) is 5.75 Å². The first-order valence-corrected chi connectivity index (χ1v) is 8.80. The molecular formula is C19H24N2OS. The second-order valence-corrected chi connectivity index (χ2v) is 6.49. The van der Waals surface area contributed by atoms with E-state index in [1.807, 2.05) is 30.3 Å². The maximum Gasteiger partial charge on any atom is 0.159 e. The zero-order chi connectivity index (χ0) is 16.7. The molecule has 3 nitrogen and oxygen atoms in total. The number of thioether (sulfide) groups is 1. The number of aliphatic imine (C=N–C) groups is 1. The van der Waals surface area contributed by atoms with E-state index < -0.39 is 0 Å². The Morgan fingerprint density at radius 2 is 1.96 bits per heavy atom. The number of hydrogen-bond acceptors (Lipinski definition) is 3. The molecule has 0 unspecified atom stereocenters. The van der Waals surface area contributed by atoms with E-state index in [-0.39, 0.29) is 0 Å². The fourth-order valence-electron chi connectivity index (χ4n) is 2.19. The lowest BCUT2D eigenvalue weighted by Crippen LogP contribution is -2.06. The molecule has 2 N–H and O–H groups in total. The molecule has 0 saturated heterocycles. The topological polar surface area (TPSA) is 47.6 Å². The summed E-state index contributed by atoms with van der Waals surface area (Å²) in [6, 6.07) is 16.3. The first-order chi connectivity index (χ1) is 11.1. The van der Waals surface area contributed by atoms with Crippen molar-refractivity contribution in [1.29, 1.82) is 0 Å². The molecule has 122 valence electrons. The lowest BCUT2D eigenvalue weighted by Gasteiger charge is -2.08. The molecule has 0 fully saturated rings. The van der Waals surface area contributed by atoms with Crippen LogP contribution >= 0.6 is 11.8 Å². The average Bonchev–Trinajstić information content (AvgIpc) is 2.60. The lowest BCUT2D eigenvalue weighted by atomic mass is 9.99. The molecule has 0 amide bonds. The van der Waals surface area contributed by atoms with Gasteiger partial charge in [-0.2, -0.15) is 0 Å². The van der Waals surface area contributed by atoms with Gasteiger partial charge in [0.15, 0.2) is 5.17 Å². The summed E-state index contributed by atoms with van der Waals surface area (Å²) in [7, 11) is 1.67. The maximum atomic E-state index is 6.03. The van der Waals surface area contributed by atoms with E-state index in [4.69, 9.17) is 10.5 Å². The fraction of sp³-hybridized carbons (Fsp3) is 0.316. The van der Waals surface area contributed by atoms with Gasteiger partial charge < -0.3 is 10.5 Å². The first kappa shape index (κ1) is 17.4. The second-order valence-electron chi connectivity index (χ2n) is 5.49. The minimum absolute atomic E-state index is 0.573. The van der Waals surface area contributed by atoms with E-state index in [1.54, 1.807) is 7.11 Å². The van der Waals surface area contributed by atoms with Gasteiger partial charge in [-0.15, -0.1) is 0 Å². The molecule has 4 heteroatoms. The van der Waals surface area contributed by atoms with Gasteiger partial charge in [-0.1, -0.05) is 49.9 Å². The van der Waals surface area contributed by atoms with Crippen molar-refractivity contribution in [2.45, 2.75) is 31.9 Å². The summed E-state index contributed by atoms with van der Waals surface area (Å²) in [5.41, 5.74) is 9.43. The molecule has 2 aromatic rings. The molecule has 0 aromatic heterocycles. The molecule has 1 atom stereocenters. The van der Waals surface area contributed by atoms with Crippen molar-refractivity contribution in [3.8, 4) is 5.75 Å². The quantitative estimate of drug-likeness (QED) is 0.593. The van der Waals surface area contributed by atoms with Crippen molar-refractivity contribution in [3.63, 3.8) is 0 Å². The number of benzene rings is 2. The summed E-state index contributed by atoms with van der Waals surface area (Å²) in [6.45, 7) is 4.43. The second kappa shape index (κ2) is 8.63. The largest absolute Gasteiger partial charge is 0.497 e. The lowest BCUT2D eigenvalue weighted by molar-refractivity contribution is 0.414. The highest BCUT2D eigenvalue weighted by Crippen LogP contribution is 2.23. The molecule has 0 aliphatic heterocycles. The average molecular weight is 328 g/mol. The Balaban J connectivity index is 1.96. The van der Waals surface area contributed by atoms with Crippen LogP contribution in [0.5, 0.6) is 5.75 Å². The van der Waals surface area contributed by atoms with E-state index in [9.17, 15) is 0 Å². The van der Waals surface area contributed by atoms with Crippen LogP contribution in [0.15, 0.2) is 53.5 Å².